The van der Waals surface area contributed by atoms with E-state index in [1.54, 1.807) is 0 Å². The van der Waals surface area contributed by atoms with Crippen molar-refractivity contribution in [2.75, 3.05) is 13.1 Å². The highest BCUT2D eigenvalue weighted by molar-refractivity contribution is 5.74. The molecule has 0 radical (unpaired) electrons. The van der Waals surface area contributed by atoms with Crippen LogP contribution < -0.4 is 16.4 Å². The van der Waals surface area contributed by atoms with Crippen molar-refractivity contribution in [1.29, 1.82) is 0 Å². The average Bonchev–Trinajstić information content (AvgIpc) is 2.84. The van der Waals surface area contributed by atoms with E-state index in [4.69, 9.17) is 5.73 Å². The minimum absolute atomic E-state index is 0.0576. The molecule has 1 saturated carbocycles. The summed E-state index contributed by atoms with van der Waals surface area (Å²) in [6, 6.07) is 0.371. The van der Waals surface area contributed by atoms with E-state index in [1.807, 2.05) is 6.92 Å². The van der Waals surface area contributed by atoms with E-state index in [0.29, 0.717) is 25.0 Å². The first-order valence-electron chi connectivity index (χ1n) is 4.46. The van der Waals surface area contributed by atoms with E-state index in [2.05, 4.69) is 10.6 Å². The monoisotopic (exact) mass is 171 g/mol. The summed E-state index contributed by atoms with van der Waals surface area (Å²) in [4.78, 5) is 11.1. The zero-order valence-electron chi connectivity index (χ0n) is 7.47. The molecule has 0 spiro atoms. The van der Waals surface area contributed by atoms with Crippen molar-refractivity contribution >= 4 is 6.03 Å². The third-order valence-electron chi connectivity index (χ3n) is 1.93. The number of hydrogen-bond acceptors (Lipinski definition) is 2. The van der Waals surface area contributed by atoms with Crippen LogP contribution >= 0.6 is 0 Å². The van der Waals surface area contributed by atoms with Gasteiger partial charge in [0.2, 0.25) is 0 Å². The van der Waals surface area contributed by atoms with Gasteiger partial charge in [0.15, 0.2) is 0 Å². The second kappa shape index (κ2) is 4.30. The van der Waals surface area contributed by atoms with Crippen LogP contribution in [0.15, 0.2) is 0 Å². The van der Waals surface area contributed by atoms with Crippen LogP contribution in [0.2, 0.25) is 0 Å². The summed E-state index contributed by atoms with van der Waals surface area (Å²) in [6.07, 6.45) is 2.25. The SMILES string of the molecule is CC(CN)CNC(=O)NC1CC1. The standard InChI is InChI=1S/C8H17N3O/c1-6(4-9)5-10-8(12)11-7-2-3-7/h6-7H,2-5,9H2,1H3,(H2,10,11,12). The molecule has 1 unspecified atom stereocenters. The van der Waals surface area contributed by atoms with Gasteiger partial charge >= 0.3 is 6.03 Å². The van der Waals surface area contributed by atoms with Crippen LogP contribution in [0.25, 0.3) is 0 Å². The topological polar surface area (TPSA) is 67.1 Å². The molecule has 4 nitrogen and oxygen atoms in total. The Morgan fingerprint density at radius 2 is 2.33 bits per heavy atom. The van der Waals surface area contributed by atoms with Crippen molar-refractivity contribution in [3.63, 3.8) is 0 Å². The molecule has 4 heteroatoms. The zero-order valence-corrected chi connectivity index (χ0v) is 7.47. The Hall–Kier alpha value is -0.770. The molecule has 0 heterocycles. The quantitative estimate of drug-likeness (QED) is 0.559. The lowest BCUT2D eigenvalue weighted by Gasteiger charge is -2.10. The minimum Gasteiger partial charge on any atom is -0.338 e. The van der Waals surface area contributed by atoms with Gasteiger partial charge in [0.1, 0.15) is 0 Å². The lowest BCUT2D eigenvalue weighted by molar-refractivity contribution is 0.239. The molecule has 1 fully saturated rings. The predicted octanol–water partition coefficient (Wildman–Crippen LogP) is 0.0428. The number of urea groups is 1. The fraction of sp³-hybridized carbons (Fsp3) is 0.875. The Bertz CT molecular complexity index is 156. The molecule has 1 aliphatic carbocycles. The summed E-state index contributed by atoms with van der Waals surface area (Å²) < 4.78 is 0. The van der Waals surface area contributed by atoms with Crippen LogP contribution in [0.3, 0.4) is 0 Å². The first-order valence-corrected chi connectivity index (χ1v) is 4.46. The van der Waals surface area contributed by atoms with Crippen molar-refractivity contribution in [3.05, 3.63) is 0 Å². The number of amides is 2. The maximum absolute atomic E-state index is 11.1. The Morgan fingerprint density at radius 3 is 2.83 bits per heavy atom. The van der Waals surface area contributed by atoms with Crippen LogP contribution in [-0.2, 0) is 0 Å². The first-order chi connectivity index (χ1) is 5.72. The Morgan fingerprint density at radius 1 is 1.67 bits per heavy atom. The number of nitrogens with one attached hydrogen (secondary N) is 2. The summed E-state index contributed by atoms with van der Waals surface area (Å²) in [5.74, 6) is 0.356. The lowest BCUT2D eigenvalue weighted by Crippen LogP contribution is -2.39. The van der Waals surface area contributed by atoms with Crippen molar-refractivity contribution in [2.24, 2.45) is 11.7 Å². The Balaban J connectivity index is 2.00. The minimum atomic E-state index is -0.0576. The van der Waals surface area contributed by atoms with Gasteiger partial charge in [0, 0.05) is 12.6 Å². The van der Waals surface area contributed by atoms with Crippen LogP contribution in [0.4, 0.5) is 4.79 Å². The van der Waals surface area contributed by atoms with Crippen LogP contribution in [0.1, 0.15) is 19.8 Å². The van der Waals surface area contributed by atoms with E-state index in [-0.39, 0.29) is 6.03 Å². The highest BCUT2D eigenvalue weighted by Crippen LogP contribution is 2.18. The average molecular weight is 171 g/mol. The number of hydrogen-bond donors (Lipinski definition) is 3. The molecule has 0 aromatic heterocycles. The maximum atomic E-state index is 11.1. The molecule has 2 amide bonds. The van der Waals surface area contributed by atoms with Gasteiger partial charge in [-0.3, -0.25) is 0 Å². The molecule has 0 bridgehead atoms. The Kier molecular flexibility index (Phi) is 3.34. The van der Waals surface area contributed by atoms with Crippen molar-refractivity contribution in [3.8, 4) is 0 Å². The maximum Gasteiger partial charge on any atom is 0.315 e. The number of rotatable bonds is 4. The number of carbonyl (C=O) groups is 1. The molecule has 0 aromatic rings. The van der Waals surface area contributed by atoms with E-state index < -0.39 is 0 Å². The van der Waals surface area contributed by atoms with Crippen molar-refractivity contribution < 1.29 is 4.79 Å². The van der Waals surface area contributed by atoms with E-state index in [9.17, 15) is 4.79 Å². The summed E-state index contributed by atoms with van der Waals surface area (Å²) in [6.45, 7) is 3.29. The molecular weight excluding hydrogens is 154 g/mol. The fourth-order valence-electron chi connectivity index (χ4n) is 0.814. The van der Waals surface area contributed by atoms with Crippen molar-refractivity contribution in [1.82, 2.24) is 10.6 Å². The third kappa shape index (κ3) is 3.57. The van der Waals surface area contributed by atoms with E-state index in [1.165, 1.54) is 0 Å². The summed E-state index contributed by atoms with van der Waals surface area (Å²) in [5.41, 5.74) is 5.40. The molecule has 1 aliphatic rings. The van der Waals surface area contributed by atoms with Crippen LogP contribution in [0, 0.1) is 5.92 Å². The summed E-state index contributed by atoms with van der Waals surface area (Å²) >= 11 is 0. The molecule has 1 atom stereocenters. The van der Waals surface area contributed by atoms with Gasteiger partial charge in [0.05, 0.1) is 0 Å². The predicted molar refractivity (Wildman–Crippen MR) is 47.8 cm³/mol. The number of carbonyl (C=O) groups excluding carboxylic acids is 1. The van der Waals surface area contributed by atoms with Gasteiger partial charge in [-0.2, -0.15) is 0 Å². The molecule has 70 valence electrons. The molecule has 0 saturated heterocycles. The molecule has 0 aliphatic heterocycles. The normalized spacial score (nSPS) is 18.5. The van der Waals surface area contributed by atoms with Crippen LogP contribution in [-0.4, -0.2) is 25.2 Å². The van der Waals surface area contributed by atoms with E-state index >= 15 is 0 Å². The Labute approximate surface area is 72.9 Å². The smallest absolute Gasteiger partial charge is 0.315 e. The van der Waals surface area contributed by atoms with Gasteiger partial charge < -0.3 is 16.4 Å². The van der Waals surface area contributed by atoms with Gasteiger partial charge in [-0.05, 0) is 25.3 Å². The highest BCUT2D eigenvalue weighted by atomic mass is 16.2. The van der Waals surface area contributed by atoms with E-state index in [0.717, 1.165) is 12.8 Å². The second-order valence-electron chi connectivity index (χ2n) is 3.47. The summed E-state index contributed by atoms with van der Waals surface area (Å²) in [7, 11) is 0. The first kappa shape index (κ1) is 9.32. The van der Waals surface area contributed by atoms with Crippen LogP contribution in [0.5, 0.6) is 0 Å². The number of nitrogens with two attached hydrogens (primary N) is 1. The molecule has 1 rings (SSSR count). The van der Waals surface area contributed by atoms with Gasteiger partial charge in [0.25, 0.3) is 0 Å². The molecule has 12 heavy (non-hydrogen) atoms. The van der Waals surface area contributed by atoms with Gasteiger partial charge in [-0.25, -0.2) is 4.79 Å². The van der Waals surface area contributed by atoms with Gasteiger partial charge in [-0.15, -0.1) is 0 Å². The molecular formula is C8H17N3O. The largest absolute Gasteiger partial charge is 0.338 e. The zero-order chi connectivity index (χ0) is 8.97. The molecule has 4 N–H and O–H groups in total. The highest BCUT2D eigenvalue weighted by Gasteiger charge is 2.22. The fourth-order valence-corrected chi connectivity index (χ4v) is 0.814. The summed E-state index contributed by atoms with van der Waals surface area (Å²) in [5, 5.41) is 5.62. The molecule has 0 aromatic carbocycles. The van der Waals surface area contributed by atoms with Gasteiger partial charge in [-0.1, -0.05) is 6.92 Å². The third-order valence-corrected chi connectivity index (χ3v) is 1.93. The van der Waals surface area contributed by atoms with Crippen molar-refractivity contribution in [2.45, 2.75) is 25.8 Å². The lowest BCUT2D eigenvalue weighted by atomic mass is 10.2. The second-order valence-corrected chi connectivity index (χ2v) is 3.47.